The monoisotopic (exact) mass is 331 g/mol. The number of amides is 3. The molecule has 7 nitrogen and oxygen atoms in total. The molecule has 0 saturated carbocycles. The van der Waals surface area contributed by atoms with Crippen LogP contribution in [-0.4, -0.2) is 40.3 Å². The lowest BCUT2D eigenvalue weighted by Gasteiger charge is -2.07. The summed E-state index contributed by atoms with van der Waals surface area (Å²) in [6, 6.07) is -0.514. The van der Waals surface area contributed by atoms with Crippen molar-refractivity contribution >= 4 is 41.0 Å². The molecule has 0 atom stereocenters. The Morgan fingerprint density at radius 3 is 2.76 bits per heavy atom. The van der Waals surface area contributed by atoms with Crippen LogP contribution in [0.2, 0.25) is 0 Å². The zero-order valence-electron chi connectivity index (χ0n) is 11.7. The van der Waals surface area contributed by atoms with Crippen molar-refractivity contribution in [3.63, 3.8) is 0 Å². The van der Waals surface area contributed by atoms with Gasteiger partial charge in [-0.25, -0.2) is 9.78 Å². The molecule has 0 aliphatic rings. The summed E-state index contributed by atoms with van der Waals surface area (Å²) in [7, 11) is 0. The molecule has 0 saturated heterocycles. The molecule has 9 heteroatoms. The summed E-state index contributed by atoms with van der Waals surface area (Å²) in [5, 5.41) is 15.1. The molecule has 0 fully saturated rings. The van der Waals surface area contributed by atoms with E-state index < -0.39 is 17.9 Å². The predicted octanol–water partition coefficient (Wildman–Crippen LogP) is 1.34. The van der Waals surface area contributed by atoms with Crippen molar-refractivity contribution in [2.24, 2.45) is 5.92 Å². The van der Waals surface area contributed by atoms with Crippen molar-refractivity contribution in [3.05, 3.63) is 11.1 Å². The van der Waals surface area contributed by atoms with Gasteiger partial charge in [0.25, 0.3) is 0 Å². The third kappa shape index (κ3) is 7.66. The van der Waals surface area contributed by atoms with Crippen LogP contribution in [0, 0.1) is 5.92 Å². The van der Waals surface area contributed by atoms with Crippen LogP contribution in [0.15, 0.2) is 9.72 Å². The molecule has 0 aromatic carbocycles. The molecule has 0 aliphatic heterocycles. The molecule has 0 aliphatic carbocycles. The molecule has 1 heterocycles. The van der Waals surface area contributed by atoms with Crippen LogP contribution in [0.25, 0.3) is 0 Å². The Morgan fingerprint density at radius 1 is 1.43 bits per heavy atom. The van der Waals surface area contributed by atoms with Gasteiger partial charge in [0.2, 0.25) is 5.91 Å². The first kappa shape index (κ1) is 17.4. The Kier molecular flexibility index (Phi) is 7.17. The molecule has 0 spiro atoms. The number of thiazole rings is 1. The Morgan fingerprint density at radius 2 is 2.14 bits per heavy atom. The van der Waals surface area contributed by atoms with Gasteiger partial charge in [-0.3, -0.25) is 14.9 Å². The summed E-state index contributed by atoms with van der Waals surface area (Å²) in [5.74, 6) is -1.01. The maximum atomic E-state index is 11.5. The molecule has 0 unspecified atom stereocenters. The van der Waals surface area contributed by atoms with Gasteiger partial charge in [-0.15, -0.1) is 11.3 Å². The van der Waals surface area contributed by atoms with Crippen molar-refractivity contribution in [3.8, 4) is 0 Å². The molecule has 1 aromatic rings. The van der Waals surface area contributed by atoms with E-state index in [1.165, 1.54) is 23.1 Å². The third-order valence-electron chi connectivity index (χ3n) is 2.11. The maximum absolute atomic E-state index is 11.5. The molecular weight excluding hydrogens is 314 g/mol. The Balaban J connectivity index is 2.31. The van der Waals surface area contributed by atoms with E-state index in [2.05, 4.69) is 15.6 Å². The fraction of sp³-hybridized carbons (Fsp3) is 0.500. The standard InChI is InChI=1S/C12H17N3O4S2/c1-7(2)4-13-11(19)15-9(16)6-21-12-14-8(5-20-12)3-10(17)18/h5,7H,3-4,6H2,1-2H3,(H,17,18)(H2,13,15,16,19). The SMILES string of the molecule is CC(C)CNC(=O)NC(=O)CSc1nc(CC(=O)O)cs1. The van der Waals surface area contributed by atoms with Gasteiger partial charge in [0.1, 0.15) is 0 Å². The average Bonchev–Trinajstić information content (AvgIpc) is 2.80. The van der Waals surface area contributed by atoms with Gasteiger partial charge < -0.3 is 10.4 Å². The lowest BCUT2D eigenvalue weighted by molar-refractivity contribution is -0.136. The van der Waals surface area contributed by atoms with E-state index in [4.69, 9.17) is 5.11 Å². The minimum Gasteiger partial charge on any atom is -0.481 e. The van der Waals surface area contributed by atoms with Crippen LogP contribution in [0.1, 0.15) is 19.5 Å². The number of aromatic nitrogens is 1. The Labute approximate surface area is 130 Å². The highest BCUT2D eigenvalue weighted by Crippen LogP contribution is 2.22. The minimum atomic E-state index is -0.948. The third-order valence-corrected chi connectivity index (χ3v) is 4.18. The van der Waals surface area contributed by atoms with E-state index in [1.807, 2.05) is 13.8 Å². The summed E-state index contributed by atoms with van der Waals surface area (Å²) in [5.41, 5.74) is 0.463. The average molecular weight is 331 g/mol. The summed E-state index contributed by atoms with van der Waals surface area (Å²) in [6.07, 6.45) is -0.138. The molecular formula is C12H17N3O4S2. The molecule has 0 bridgehead atoms. The van der Waals surface area contributed by atoms with Crippen molar-refractivity contribution < 1.29 is 19.5 Å². The number of hydrogen-bond donors (Lipinski definition) is 3. The second-order valence-electron chi connectivity index (χ2n) is 4.62. The first-order valence-electron chi connectivity index (χ1n) is 6.23. The lowest BCUT2D eigenvalue weighted by Crippen LogP contribution is -2.41. The van der Waals surface area contributed by atoms with Gasteiger partial charge >= 0.3 is 12.0 Å². The van der Waals surface area contributed by atoms with Crippen LogP contribution < -0.4 is 10.6 Å². The number of carbonyl (C=O) groups excluding carboxylic acids is 2. The highest BCUT2D eigenvalue weighted by atomic mass is 32.2. The first-order chi connectivity index (χ1) is 9.86. The van der Waals surface area contributed by atoms with Crippen molar-refractivity contribution in [2.75, 3.05) is 12.3 Å². The van der Waals surface area contributed by atoms with Crippen LogP contribution in [-0.2, 0) is 16.0 Å². The Bertz CT molecular complexity index is 516. The smallest absolute Gasteiger partial charge is 0.321 e. The number of rotatable bonds is 7. The van der Waals surface area contributed by atoms with E-state index in [-0.39, 0.29) is 12.2 Å². The van der Waals surface area contributed by atoms with Gasteiger partial charge in [-0.05, 0) is 5.92 Å². The topological polar surface area (TPSA) is 108 Å². The fourth-order valence-corrected chi connectivity index (χ4v) is 2.87. The van der Waals surface area contributed by atoms with E-state index in [0.29, 0.717) is 22.5 Å². The molecule has 3 N–H and O–H groups in total. The molecule has 3 amide bonds. The van der Waals surface area contributed by atoms with Gasteiger partial charge in [-0.1, -0.05) is 25.6 Å². The second kappa shape index (κ2) is 8.63. The van der Waals surface area contributed by atoms with Gasteiger partial charge in [-0.2, -0.15) is 0 Å². The minimum absolute atomic E-state index is 0.0507. The van der Waals surface area contributed by atoms with Crippen LogP contribution in [0.3, 0.4) is 0 Å². The van der Waals surface area contributed by atoms with Gasteiger partial charge in [0, 0.05) is 11.9 Å². The number of aliphatic carboxylic acids is 1. The number of urea groups is 1. The van der Waals surface area contributed by atoms with E-state index >= 15 is 0 Å². The fourth-order valence-electron chi connectivity index (χ4n) is 1.22. The van der Waals surface area contributed by atoms with Gasteiger partial charge in [0.05, 0.1) is 17.9 Å². The number of imide groups is 1. The van der Waals surface area contributed by atoms with Crippen LogP contribution in [0.4, 0.5) is 4.79 Å². The highest BCUT2D eigenvalue weighted by Gasteiger charge is 2.11. The first-order valence-corrected chi connectivity index (χ1v) is 8.10. The van der Waals surface area contributed by atoms with Crippen LogP contribution in [0.5, 0.6) is 0 Å². The zero-order valence-corrected chi connectivity index (χ0v) is 13.3. The molecule has 21 heavy (non-hydrogen) atoms. The second-order valence-corrected chi connectivity index (χ2v) is 6.70. The number of nitrogens with zero attached hydrogens (tertiary/aromatic N) is 1. The summed E-state index contributed by atoms with van der Waals surface area (Å²) in [4.78, 5) is 37.5. The summed E-state index contributed by atoms with van der Waals surface area (Å²) < 4.78 is 0.601. The van der Waals surface area contributed by atoms with E-state index in [0.717, 1.165) is 0 Å². The number of carboxylic acid groups (broad SMARTS) is 1. The number of nitrogens with one attached hydrogen (secondary N) is 2. The summed E-state index contributed by atoms with van der Waals surface area (Å²) >= 11 is 2.44. The van der Waals surface area contributed by atoms with Crippen molar-refractivity contribution in [2.45, 2.75) is 24.6 Å². The summed E-state index contributed by atoms with van der Waals surface area (Å²) in [6.45, 7) is 4.40. The lowest BCUT2D eigenvalue weighted by atomic mass is 10.2. The van der Waals surface area contributed by atoms with Gasteiger partial charge in [0.15, 0.2) is 4.34 Å². The normalized spacial score (nSPS) is 10.4. The maximum Gasteiger partial charge on any atom is 0.321 e. The number of carbonyl (C=O) groups is 3. The zero-order chi connectivity index (χ0) is 15.8. The van der Waals surface area contributed by atoms with E-state index in [1.54, 1.807) is 5.38 Å². The molecule has 1 rings (SSSR count). The quantitative estimate of drug-likeness (QED) is 0.651. The van der Waals surface area contributed by atoms with E-state index in [9.17, 15) is 14.4 Å². The highest BCUT2D eigenvalue weighted by molar-refractivity contribution is 8.01. The molecule has 0 radical (unpaired) electrons. The van der Waals surface area contributed by atoms with Crippen molar-refractivity contribution in [1.29, 1.82) is 0 Å². The molecule has 1 aromatic heterocycles. The predicted molar refractivity (Wildman–Crippen MR) is 80.6 cm³/mol. The van der Waals surface area contributed by atoms with Crippen molar-refractivity contribution in [1.82, 2.24) is 15.6 Å². The Hall–Kier alpha value is -1.61. The largest absolute Gasteiger partial charge is 0.481 e. The van der Waals surface area contributed by atoms with Crippen LogP contribution >= 0.6 is 23.1 Å². The number of thioether (sulfide) groups is 1. The number of hydrogen-bond acceptors (Lipinski definition) is 6. The molecule has 116 valence electrons. The number of carboxylic acids is 1.